The SMILES string of the molecule is C=Cc1ccc(C2(C#N)CCN(C(C)C(=O)OCC)CC2)cc1OC1CCCC1. The first-order chi connectivity index (χ1) is 14.0. The van der Waals surface area contributed by atoms with Crippen molar-refractivity contribution in [3.8, 4) is 11.8 Å². The summed E-state index contributed by atoms with van der Waals surface area (Å²) in [6.45, 7) is 9.38. The van der Waals surface area contributed by atoms with Crippen molar-refractivity contribution in [2.45, 2.75) is 69.9 Å². The van der Waals surface area contributed by atoms with Crippen molar-refractivity contribution < 1.29 is 14.3 Å². The molecule has 0 amide bonds. The number of nitriles is 1. The molecule has 5 heteroatoms. The van der Waals surface area contributed by atoms with Gasteiger partial charge >= 0.3 is 5.97 Å². The zero-order valence-electron chi connectivity index (χ0n) is 17.7. The molecule has 29 heavy (non-hydrogen) atoms. The predicted octanol–water partition coefficient (Wildman–Crippen LogP) is 4.46. The summed E-state index contributed by atoms with van der Waals surface area (Å²) in [5, 5.41) is 10.1. The number of nitrogens with zero attached hydrogens (tertiary/aromatic N) is 2. The van der Waals surface area contributed by atoms with Crippen LogP contribution in [0.2, 0.25) is 0 Å². The lowest BCUT2D eigenvalue weighted by Gasteiger charge is -2.39. The van der Waals surface area contributed by atoms with Crippen LogP contribution in [0.15, 0.2) is 24.8 Å². The van der Waals surface area contributed by atoms with E-state index >= 15 is 0 Å². The van der Waals surface area contributed by atoms with Gasteiger partial charge in [0.2, 0.25) is 0 Å². The molecule has 0 N–H and O–H groups in total. The molecule has 1 saturated heterocycles. The molecule has 1 saturated carbocycles. The highest BCUT2D eigenvalue weighted by molar-refractivity contribution is 5.75. The van der Waals surface area contributed by atoms with Crippen LogP contribution in [0.4, 0.5) is 0 Å². The van der Waals surface area contributed by atoms with E-state index in [-0.39, 0.29) is 18.1 Å². The Morgan fingerprint density at radius 2 is 2.07 bits per heavy atom. The van der Waals surface area contributed by atoms with Gasteiger partial charge in [0.25, 0.3) is 0 Å². The van der Waals surface area contributed by atoms with Gasteiger partial charge in [0.1, 0.15) is 11.8 Å². The van der Waals surface area contributed by atoms with E-state index in [4.69, 9.17) is 9.47 Å². The number of likely N-dealkylation sites (tertiary alicyclic amines) is 1. The molecule has 1 aromatic rings. The average Bonchev–Trinajstić information content (AvgIpc) is 3.26. The molecule has 0 spiro atoms. The van der Waals surface area contributed by atoms with Crippen molar-refractivity contribution in [2.75, 3.05) is 19.7 Å². The molecule has 1 unspecified atom stereocenters. The van der Waals surface area contributed by atoms with Gasteiger partial charge in [-0.05, 0) is 64.0 Å². The van der Waals surface area contributed by atoms with Crippen LogP contribution in [-0.4, -0.2) is 42.7 Å². The number of carbonyl (C=O) groups excluding carboxylic acids is 1. The van der Waals surface area contributed by atoms with Crippen molar-refractivity contribution >= 4 is 12.0 Å². The highest BCUT2D eigenvalue weighted by Crippen LogP contribution is 2.39. The zero-order chi connectivity index (χ0) is 20.9. The number of carbonyl (C=O) groups is 1. The minimum atomic E-state index is -0.557. The molecular formula is C24H32N2O3. The van der Waals surface area contributed by atoms with Crippen LogP contribution in [0, 0.1) is 11.3 Å². The van der Waals surface area contributed by atoms with Crippen molar-refractivity contribution in [3.05, 3.63) is 35.9 Å². The standard InChI is InChI=1S/C24H32N2O3/c1-4-19-10-11-20(16-22(19)29-21-8-6-7-9-21)24(17-25)12-14-26(15-13-24)18(3)23(27)28-5-2/h4,10-11,16,18,21H,1,5-9,12-15H2,2-3H3. The Morgan fingerprint density at radius 3 is 2.66 bits per heavy atom. The lowest BCUT2D eigenvalue weighted by atomic mass is 9.73. The Labute approximate surface area is 174 Å². The Morgan fingerprint density at radius 1 is 1.38 bits per heavy atom. The number of hydrogen-bond donors (Lipinski definition) is 0. The first-order valence-corrected chi connectivity index (χ1v) is 10.8. The lowest BCUT2D eigenvalue weighted by molar-refractivity contribution is -0.149. The number of hydrogen-bond acceptors (Lipinski definition) is 5. The molecule has 1 atom stereocenters. The fraction of sp³-hybridized carbons (Fsp3) is 0.583. The largest absolute Gasteiger partial charge is 0.490 e. The molecule has 0 radical (unpaired) electrons. The molecule has 5 nitrogen and oxygen atoms in total. The zero-order valence-corrected chi connectivity index (χ0v) is 17.7. The van der Waals surface area contributed by atoms with Gasteiger partial charge in [-0.1, -0.05) is 24.8 Å². The van der Waals surface area contributed by atoms with Crippen LogP contribution >= 0.6 is 0 Å². The normalized spacial score (nSPS) is 20.6. The molecule has 156 valence electrons. The minimum absolute atomic E-state index is 0.195. The Balaban J connectivity index is 1.77. The molecule has 2 aliphatic rings. The second kappa shape index (κ2) is 9.45. The van der Waals surface area contributed by atoms with Gasteiger partial charge in [-0.3, -0.25) is 9.69 Å². The summed E-state index contributed by atoms with van der Waals surface area (Å²) < 4.78 is 11.4. The maximum atomic E-state index is 12.1. The fourth-order valence-corrected chi connectivity index (χ4v) is 4.46. The summed E-state index contributed by atoms with van der Waals surface area (Å²) in [6.07, 6.45) is 8.04. The number of esters is 1. The van der Waals surface area contributed by atoms with E-state index in [1.165, 1.54) is 12.8 Å². The van der Waals surface area contributed by atoms with Crippen LogP contribution in [0.25, 0.3) is 6.08 Å². The summed E-state index contributed by atoms with van der Waals surface area (Å²) in [6, 6.07) is 8.39. The summed E-state index contributed by atoms with van der Waals surface area (Å²) in [5.74, 6) is 0.640. The van der Waals surface area contributed by atoms with E-state index < -0.39 is 5.41 Å². The smallest absolute Gasteiger partial charge is 0.323 e. The first-order valence-electron chi connectivity index (χ1n) is 10.8. The van der Waals surface area contributed by atoms with E-state index in [0.717, 1.165) is 29.7 Å². The molecule has 3 rings (SSSR count). The van der Waals surface area contributed by atoms with E-state index in [1.54, 1.807) is 0 Å². The Bertz CT molecular complexity index is 769. The van der Waals surface area contributed by atoms with Gasteiger partial charge in [0.15, 0.2) is 0 Å². The van der Waals surface area contributed by atoms with E-state index in [2.05, 4.69) is 17.5 Å². The fourth-order valence-electron chi connectivity index (χ4n) is 4.46. The van der Waals surface area contributed by atoms with Gasteiger partial charge in [0, 0.05) is 18.7 Å². The Hall–Kier alpha value is -2.32. The second-order valence-corrected chi connectivity index (χ2v) is 8.14. The maximum Gasteiger partial charge on any atom is 0.323 e. The molecule has 2 fully saturated rings. The number of ether oxygens (including phenoxy) is 2. The average molecular weight is 397 g/mol. The number of rotatable bonds is 7. The van der Waals surface area contributed by atoms with Crippen LogP contribution in [0.1, 0.15) is 63.5 Å². The molecule has 0 aromatic heterocycles. The van der Waals surface area contributed by atoms with Crippen molar-refractivity contribution in [2.24, 2.45) is 0 Å². The topological polar surface area (TPSA) is 62.6 Å². The van der Waals surface area contributed by atoms with Crippen molar-refractivity contribution in [1.29, 1.82) is 5.26 Å². The monoisotopic (exact) mass is 396 g/mol. The van der Waals surface area contributed by atoms with E-state index in [9.17, 15) is 10.1 Å². The van der Waals surface area contributed by atoms with Crippen LogP contribution < -0.4 is 4.74 Å². The summed E-state index contributed by atoms with van der Waals surface area (Å²) in [5.41, 5.74) is 1.42. The number of benzene rings is 1. The molecular weight excluding hydrogens is 364 g/mol. The van der Waals surface area contributed by atoms with Gasteiger partial charge in [0.05, 0.1) is 24.2 Å². The van der Waals surface area contributed by atoms with Crippen molar-refractivity contribution in [1.82, 2.24) is 4.90 Å². The highest BCUT2D eigenvalue weighted by Gasteiger charge is 2.39. The third kappa shape index (κ3) is 4.64. The minimum Gasteiger partial charge on any atom is -0.490 e. The van der Waals surface area contributed by atoms with Gasteiger partial charge in [-0.25, -0.2) is 0 Å². The second-order valence-electron chi connectivity index (χ2n) is 8.14. The molecule has 1 aliphatic carbocycles. The molecule has 1 aromatic carbocycles. The third-order valence-corrected chi connectivity index (χ3v) is 6.42. The van der Waals surface area contributed by atoms with Crippen LogP contribution in [0.5, 0.6) is 5.75 Å². The van der Waals surface area contributed by atoms with Crippen LogP contribution in [-0.2, 0) is 14.9 Å². The van der Waals surface area contributed by atoms with Gasteiger partial charge in [-0.15, -0.1) is 0 Å². The summed E-state index contributed by atoms with van der Waals surface area (Å²) in [4.78, 5) is 14.2. The van der Waals surface area contributed by atoms with Gasteiger partial charge < -0.3 is 9.47 Å². The van der Waals surface area contributed by atoms with Crippen molar-refractivity contribution in [3.63, 3.8) is 0 Å². The molecule has 1 aliphatic heterocycles. The quantitative estimate of drug-likeness (QED) is 0.637. The third-order valence-electron chi connectivity index (χ3n) is 6.42. The molecule has 0 bridgehead atoms. The highest BCUT2D eigenvalue weighted by atomic mass is 16.5. The molecule has 1 heterocycles. The van der Waals surface area contributed by atoms with Crippen LogP contribution in [0.3, 0.4) is 0 Å². The summed E-state index contributed by atoms with van der Waals surface area (Å²) >= 11 is 0. The van der Waals surface area contributed by atoms with E-state index in [0.29, 0.717) is 32.5 Å². The Kier molecular flexibility index (Phi) is 6.97. The van der Waals surface area contributed by atoms with Gasteiger partial charge in [-0.2, -0.15) is 5.26 Å². The van der Waals surface area contributed by atoms with E-state index in [1.807, 2.05) is 38.1 Å². The lowest BCUT2D eigenvalue weighted by Crippen LogP contribution is -2.48. The summed E-state index contributed by atoms with van der Waals surface area (Å²) in [7, 11) is 0. The number of piperidine rings is 1. The first kappa shape index (κ1) is 21.4. The maximum absolute atomic E-state index is 12.1. The predicted molar refractivity (Wildman–Crippen MR) is 114 cm³/mol.